The van der Waals surface area contributed by atoms with Crippen molar-refractivity contribution in [3.63, 3.8) is 0 Å². The van der Waals surface area contributed by atoms with E-state index in [0.717, 1.165) is 30.0 Å². The maximum absolute atomic E-state index is 10.6. The van der Waals surface area contributed by atoms with E-state index in [1.807, 2.05) is 29.6 Å². The highest BCUT2D eigenvalue weighted by atomic mass is 32.1. The minimum absolute atomic E-state index is 0.306. The summed E-state index contributed by atoms with van der Waals surface area (Å²) in [5, 5.41) is 19.3. The third kappa shape index (κ3) is 5.69. The minimum atomic E-state index is -0.959. The van der Waals surface area contributed by atoms with Gasteiger partial charge in [-0.05, 0) is 43.8 Å². The van der Waals surface area contributed by atoms with E-state index in [4.69, 9.17) is 4.42 Å². The second kappa shape index (κ2) is 8.89. The average molecular weight is 350 g/mol. The van der Waals surface area contributed by atoms with E-state index >= 15 is 0 Å². The highest BCUT2D eigenvalue weighted by Gasteiger charge is 2.24. The van der Waals surface area contributed by atoms with Crippen molar-refractivity contribution >= 4 is 17.3 Å². The largest absolute Gasteiger partial charge is 0.469 e. The van der Waals surface area contributed by atoms with E-state index in [9.17, 15) is 5.11 Å². The topological polar surface area (TPSA) is 69.8 Å². The van der Waals surface area contributed by atoms with Gasteiger partial charge in [0.25, 0.3) is 0 Å². The molecule has 2 atom stereocenters. The monoisotopic (exact) mass is 349 g/mol. The minimum Gasteiger partial charge on any atom is -0.469 e. The Bertz CT molecular complexity index is 606. The second-order valence-electron chi connectivity index (χ2n) is 6.13. The summed E-state index contributed by atoms with van der Waals surface area (Å²) in [7, 11) is 0. The van der Waals surface area contributed by atoms with Crippen LogP contribution in [0.1, 0.15) is 37.8 Å². The van der Waals surface area contributed by atoms with Crippen LogP contribution in [0, 0.1) is 0 Å². The second-order valence-corrected chi connectivity index (χ2v) is 7.07. The van der Waals surface area contributed by atoms with Gasteiger partial charge in [0.1, 0.15) is 11.4 Å². The molecule has 0 spiro atoms. The number of aliphatic hydroxyl groups is 1. The van der Waals surface area contributed by atoms with Crippen molar-refractivity contribution in [1.29, 1.82) is 0 Å². The molecule has 2 aromatic rings. The molecular weight excluding hydrogens is 322 g/mol. The van der Waals surface area contributed by atoms with Crippen molar-refractivity contribution in [3.05, 3.63) is 46.5 Å². The fourth-order valence-corrected chi connectivity index (χ4v) is 2.92. The van der Waals surface area contributed by atoms with Gasteiger partial charge in [-0.3, -0.25) is 0 Å². The van der Waals surface area contributed by atoms with Crippen molar-refractivity contribution in [3.8, 4) is 0 Å². The molecule has 0 aromatic carbocycles. The lowest BCUT2D eigenvalue weighted by Crippen LogP contribution is -2.43. The van der Waals surface area contributed by atoms with E-state index in [1.54, 1.807) is 24.5 Å². The zero-order chi connectivity index (χ0) is 17.4. The summed E-state index contributed by atoms with van der Waals surface area (Å²) in [5.74, 6) is 1.66. The van der Waals surface area contributed by atoms with Crippen molar-refractivity contribution in [2.24, 2.45) is 4.99 Å². The summed E-state index contributed by atoms with van der Waals surface area (Å²) in [6, 6.07) is 8.04. The molecule has 0 saturated carbocycles. The lowest BCUT2D eigenvalue weighted by molar-refractivity contribution is 0.0711. The molecule has 0 aliphatic carbocycles. The van der Waals surface area contributed by atoms with Gasteiger partial charge in [-0.1, -0.05) is 13.0 Å². The number of furan rings is 1. The van der Waals surface area contributed by atoms with Gasteiger partial charge >= 0.3 is 0 Å². The van der Waals surface area contributed by atoms with Crippen LogP contribution in [0.3, 0.4) is 0 Å². The van der Waals surface area contributed by atoms with Crippen LogP contribution in [0.5, 0.6) is 0 Å². The Balaban J connectivity index is 1.95. The van der Waals surface area contributed by atoms with Gasteiger partial charge in [0.15, 0.2) is 5.96 Å². The predicted molar refractivity (Wildman–Crippen MR) is 99.5 cm³/mol. The lowest BCUT2D eigenvalue weighted by Gasteiger charge is -2.22. The molecule has 3 N–H and O–H groups in total. The molecule has 6 heteroatoms. The quantitative estimate of drug-likeness (QED) is 0.506. The van der Waals surface area contributed by atoms with Gasteiger partial charge in [-0.15, -0.1) is 11.3 Å². The van der Waals surface area contributed by atoms with Crippen LogP contribution in [-0.4, -0.2) is 30.2 Å². The zero-order valence-electron chi connectivity index (χ0n) is 14.6. The van der Waals surface area contributed by atoms with Crippen LogP contribution in [-0.2, 0) is 12.0 Å². The maximum atomic E-state index is 10.6. The third-order valence-electron chi connectivity index (χ3n) is 3.84. The summed E-state index contributed by atoms with van der Waals surface area (Å²) >= 11 is 1.54. The van der Waals surface area contributed by atoms with E-state index in [1.165, 1.54) is 0 Å². The molecule has 0 amide bonds. The molecule has 132 valence electrons. The first kappa shape index (κ1) is 18.5. The van der Waals surface area contributed by atoms with E-state index < -0.39 is 5.60 Å². The number of rotatable bonds is 8. The van der Waals surface area contributed by atoms with Gasteiger partial charge in [-0.25, -0.2) is 4.99 Å². The lowest BCUT2D eigenvalue weighted by atomic mass is 10.1. The average Bonchev–Trinajstić information content (AvgIpc) is 3.25. The van der Waals surface area contributed by atoms with Crippen LogP contribution in [0.4, 0.5) is 0 Å². The predicted octanol–water partition coefficient (Wildman–Crippen LogP) is 3.13. The maximum Gasteiger partial charge on any atom is 0.191 e. The number of aliphatic imine (C=N–C) groups is 1. The Hall–Kier alpha value is -1.79. The molecule has 2 heterocycles. The molecule has 2 rings (SSSR count). The summed E-state index contributed by atoms with van der Waals surface area (Å²) in [4.78, 5) is 5.50. The molecule has 0 radical (unpaired) electrons. The van der Waals surface area contributed by atoms with Crippen LogP contribution in [0.2, 0.25) is 0 Å². The summed E-state index contributed by atoms with van der Waals surface area (Å²) in [6.45, 7) is 7.06. The molecule has 0 aliphatic rings. The van der Waals surface area contributed by atoms with E-state index in [2.05, 4.69) is 29.5 Å². The van der Waals surface area contributed by atoms with Crippen molar-refractivity contribution in [1.82, 2.24) is 10.6 Å². The van der Waals surface area contributed by atoms with Gasteiger partial charge < -0.3 is 20.2 Å². The Morgan fingerprint density at radius 1 is 1.42 bits per heavy atom. The Morgan fingerprint density at radius 3 is 2.88 bits per heavy atom. The highest BCUT2D eigenvalue weighted by molar-refractivity contribution is 7.10. The molecule has 24 heavy (non-hydrogen) atoms. The van der Waals surface area contributed by atoms with Crippen molar-refractivity contribution in [2.45, 2.75) is 45.3 Å². The molecule has 5 nitrogen and oxygen atoms in total. The fourth-order valence-electron chi connectivity index (χ4n) is 2.14. The highest BCUT2D eigenvalue weighted by Crippen LogP contribution is 2.25. The molecule has 0 aliphatic heterocycles. The van der Waals surface area contributed by atoms with E-state index in [-0.39, 0.29) is 0 Å². The molecule has 0 bridgehead atoms. The SMILES string of the molecule is CCC(C)NC(=NCC(C)(O)c1cccs1)NCCc1ccco1. The third-order valence-corrected chi connectivity index (χ3v) is 4.96. The first-order chi connectivity index (χ1) is 11.5. The molecular formula is C18H27N3O2S. The van der Waals surface area contributed by atoms with Gasteiger partial charge in [0.2, 0.25) is 0 Å². The van der Waals surface area contributed by atoms with Crippen LogP contribution in [0.25, 0.3) is 0 Å². The summed E-state index contributed by atoms with van der Waals surface area (Å²) in [6.07, 6.45) is 3.47. The smallest absolute Gasteiger partial charge is 0.191 e. The Morgan fingerprint density at radius 2 is 2.25 bits per heavy atom. The normalized spacial score (nSPS) is 15.8. The first-order valence-corrected chi connectivity index (χ1v) is 9.23. The van der Waals surface area contributed by atoms with Crippen LogP contribution >= 0.6 is 11.3 Å². The molecule has 0 saturated heterocycles. The molecule has 2 unspecified atom stereocenters. The van der Waals surface area contributed by atoms with Gasteiger partial charge in [0, 0.05) is 23.9 Å². The van der Waals surface area contributed by atoms with Crippen LogP contribution in [0.15, 0.2) is 45.3 Å². The first-order valence-electron chi connectivity index (χ1n) is 8.35. The van der Waals surface area contributed by atoms with Gasteiger partial charge in [-0.2, -0.15) is 0 Å². The number of nitrogens with zero attached hydrogens (tertiary/aromatic N) is 1. The van der Waals surface area contributed by atoms with E-state index in [0.29, 0.717) is 18.5 Å². The van der Waals surface area contributed by atoms with Gasteiger partial charge in [0.05, 0.1) is 12.8 Å². The summed E-state index contributed by atoms with van der Waals surface area (Å²) < 4.78 is 5.34. The number of nitrogens with one attached hydrogen (secondary N) is 2. The van der Waals surface area contributed by atoms with Crippen LogP contribution < -0.4 is 10.6 Å². The number of guanidine groups is 1. The Kier molecular flexibility index (Phi) is 6.87. The van der Waals surface area contributed by atoms with Crippen molar-refractivity contribution in [2.75, 3.05) is 13.1 Å². The number of hydrogen-bond acceptors (Lipinski definition) is 4. The number of thiophene rings is 1. The van der Waals surface area contributed by atoms with Crippen molar-refractivity contribution < 1.29 is 9.52 Å². The standard InChI is InChI=1S/C18H27N3O2S/c1-4-14(2)21-17(19-10-9-15-7-5-11-23-15)20-13-18(3,22)16-8-6-12-24-16/h5-8,11-12,14,22H,4,9-10,13H2,1-3H3,(H2,19,20,21). The molecule has 0 fully saturated rings. The molecule has 2 aromatic heterocycles. The fraction of sp³-hybridized carbons (Fsp3) is 0.500. The number of hydrogen-bond donors (Lipinski definition) is 3. The Labute approximate surface area is 147 Å². The summed E-state index contributed by atoms with van der Waals surface area (Å²) in [5.41, 5.74) is -0.959. The zero-order valence-corrected chi connectivity index (χ0v) is 15.4.